The molecule has 0 spiro atoms. The Labute approximate surface area is 123 Å². The summed E-state index contributed by atoms with van der Waals surface area (Å²) in [6.45, 7) is -1.28. The van der Waals surface area contributed by atoms with Crippen LogP contribution in [0.15, 0.2) is 34.2 Å². The first-order chi connectivity index (χ1) is 10.5. The summed E-state index contributed by atoms with van der Waals surface area (Å²) < 4.78 is 33.6. The smallest absolute Gasteiger partial charge is 0.387 e. The van der Waals surface area contributed by atoms with Crippen molar-refractivity contribution in [2.24, 2.45) is 5.16 Å². The largest absolute Gasteiger partial charge is 0.504 e. The third-order valence-electron chi connectivity index (χ3n) is 3.18. The molecule has 1 aromatic carbocycles. The maximum Gasteiger partial charge on any atom is 0.387 e. The number of aromatic hydroxyl groups is 1. The van der Waals surface area contributed by atoms with E-state index in [-0.39, 0.29) is 11.6 Å². The number of hydrogen-bond acceptors (Lipinski definition) is 7. The third-order valence-corrected chi connectivity index (χ3v) is 3.18. The van der Waals surface area contributed by atoms with E-state index in [1.807, 2.05) is 0 Å². The summed E-state index contributed by atoms with van der Waals surface area (Å²) in [5.41, 5.74) is 0.126. The van der Waals surface area contributed by atoms with Gasteiger partial charge in [-0.05, 0) is 25.1 Å². The van der Waals surface area contributed by atoms with E-state index >= 15 is 0 Å². The molecule has 0 fully saturated rings. The van der Waals surface area contributed by atoms with Gasteiger partial charge in [0.1, 0.15) is 0 Å². The molecule has 1 unspecified atom stereocenters. The van der Waals surface area contributed by atoms with Crippen LogP contribution in [0.3, 0.4) is 0 Å². The van der Waals surface area contributed by atoms with E-state index in [9.17, 15) is 13.9 Å². The lowest BCUT2D eigenvalue weighted by Crippen LogP contribution is -2.22. The number of rotatable bonds is 4. The molecule has 9 heteroatoms. The van der Waals surface area contributed by atoms with E-state index in [2.05, 4.69) is 20.1 Å². The fourth-order valence-corrected chi connectivity index (χ4v) is 2.11. The Morgan fingerprint density at radius 2 is 2.23 bits per heavy atom. The maximum absolute atomic E-state index is 12.2. The number of hydrogen-bond donors (Lipinski definition) is 1. The molecule has 0 bridgehead atoms. The van der Waals surface area contributed by atoms with Crippen molar-refractivity contribution in [2.75, 3.05) is 0 Å². The monoisotopic (exact) mass is 311 g/mol. The van der Waals surface area contributed by atoms with Crippen LogP contribution in [-0.4, -0.2) is 27.6 Å². The van der Waals surface area contributed by atoms with Crippen molar-refractivity contribution < 1.29 is 27.9 Å². The first kappa shape index (κ1) is 14.2. The summed E-state index contributed by atoms with van der Waals surface area (Å²) in [5, 5.41) is 21.0. The zero-order valence-corrected chi connectivity index (χ0v) is 11.4. The van der Waals surface area contributed by atoms with Gasteiger partial charge in [-0.1, -0.05) is 5.16 Å². The highest BCUT2D eigenvalue weighted by Gasteiger charge is 2.41. The molecule has 7 nitrogen and oxygen atoms in total. The maximum atomic E-state index is 12.2. The SMILES string of the molecule is CC1(c2nnco2)CC(c2ccc(OC(F)F)c(O)c2)=NO1. The Balaban J connectivity index is 1.80. The van der Waals surface area contributed by atoms with Gasteiger partial charge in [0, 0.05) is 12.0 Å². The summed E-state index contributed by atoms with van der Waals surface area (Å²) in [5.74, 6) is -0.446. The van der Waals surface area contributed by atoms with E-state index in [4.69, 9.17) is 9.25 Å². The molecule has 116 valence electrons. The van der Waals surface area contributed by atoms with E-state index in [0.717, 1.165) is 0 Å². The second-order valence-electron chi connectivity index (χ2n) is 4.84. The number of benzene rings is 1. The van der Waals surface area contributed by atoms with Crippen LogP contribution < -0.4 is 4.74 Å². The molecule has 1 atom stereocenters. The van der Waals surface area contributed by atoms with Gasteiger partial charge in [0.2, 0.25) is 12.0 Å². The number of alkyl halides is 2. The van der Waals surface area contributed by atoms with Crippen molar-refractivity contribution in [2.45, 2.75) is 25.6 Å². The van der Waals surface area contributed by atoms with Gasteiger partial charge in [0.05, 0.1) is 5.71 Å². The molecule has 0 saturated carbocycles. The van der Waals surface area contributed by atoms with E-state index in [1.54, 1.807) is 6.92 Å². The van der Waals surface area contributed by atoms with Crippen LogP contribution >= 0.6 is 0 Å². The number of phenolic OH excluding ortho intramolecular Hbond substituents is 1. The molecule has 3 rings (SSSR count). The number of ether oxygens (including phenoxy) is 1. The van der Waals surface area contributed by atoms with E-state index < -0.39 is 18.0 Å². The molecule has 2 heterocycles. The minimum absolute atomic E-state index is 0.271. The molecule has 0 radical (unpaired) electrons. The van der Waals surface area contributed by atoms with Crippen LogP contribution in [0, 0.1) is 0 Å². The molecule has 1 aliphatic heterocycles. The van der Waals surface area contributed by atoms with Crippen molar-refractivity contribution in [1.29, 1.82) is 0 Å². The number of aromatic nitrogens is 2. The summed E-state index contributed by atoms with van der Waals surface area (Å²) in [6, 6.07) is 4.01. The highest BCUT2D eigenvalue weighted by Crippen LogP contribution is 2.36. The summed E-state index contributed by atoms with van der Waals surface area (Å²) in [7, 11) is 0. The van der Waals surface area contributed by atoms with Crippen LogP contribution in [-0.2, 0) is 10.4 Å². The van der Waals surface area contributed by atoms with Crippen molar-refractivity contribution in [3.8, 4) is 11.5 Å². The van der Waals surface area contributed by atoms with Gasteiger partial charge in [-0.2, -0.15) is 8.78 Å². The molecule has 0 saturated heterocycles. The van der Waals surface area contributed by atoms with Gasteiger partial charge < -0.3 is 19.1 Å². The van der Waals surface area contributed by atoms with Crippen molar-refractivity contribution >= 4 is 5.71 Å². The van der Waals surface area contributed by atoms with E-state index in [1.165, 1.54) is 24.6 Å². The second kappa shape index (κ2) is 5.24. The zero-order valence-electron chi connectivity index (χ0n) is 11.4. The number of phenols is 1. The number of halogens is 2. The quantitative estimate of drug-likeness (QED) is 0.932. The summed E-state index contributed by atoms with van der Waals surface area (Å²) in [4.78, 5) is 5.35. The second-order valence-corrected chi connectivity index (χ2v) is 4.84. The lowest BCUT2D eigenvalue weighted by Gasteiger charge is -2.15. The van der Waals surface area contributed by atoms with Gasteiger partial charge >= 0.3 is 6.61 Å². The molecule has 22 heavy (non-hydrogen) atoms. The minimum Gasteiger partial charge on any atom is -0.504 e. The predicted octanol–water partition coefficient (Wildman–Crippen LogP) is 2.42. The lowest BCUT2D eigenvalue weighted by atomic mass is 9.96. The highest BCUT2D eigenvalue weighted by molar-refractivity contribution is 6.02. The van der Waals surface area contributed by atoms with Crippen LogP contribution in [0.25, 0.3) is 0 Å². The zero-order chi connectivity index (χ0) is 15.7. The normalized spacial score (nSPS) is 20.8. The Morgan fingerprint density at radius 1 is 1.41 bits per heavy atom. The fraction of sp³-hybridized carbons (Fsp3) is 0.308. The van der Waals surface area contributed by atoms with Crippen LogP contribution in [0.2, 0.25) is 0 Å². The molecule has 1 aromatic heterocycles. The van der Waals surface area contributed by atoms with Gasteiger partial charge in [-0.15, -0.1) is 10.2 Å². The minimum atomic E-state index is -3.01. The highest BCUT2D eigenvalue weighted by atomic mass is 19.3. The van der Waals surface area contributed by atoms with E-state index in [0.29, 0.717) is 17.7 Å². The standard InChI is InChI=1S/C13H11F2N3O4/c1-13(11-17-16-6-20-11)5-8(18-22-13)7-2-3-10(9(19)4-7)21-12(14)15/h2-4,6,12,19H,5H2,1H3. The molecular weight excluding hydrogens is 300 g/mol. The average Bonchev–Trinajstić information content (AvgIpc) is 3.11. The molecule has 1 aliphatic rings. The Morgan fingerprint density at radius 3 is 2.86 bits per heavy atom. The first-order valence-corrected chi connectivity index (χ1v) is 6.28. The van der Waals surface area contributed by atoms with Gasteiger partial charge in [0.25, 0.3) is 5.89 Å². The van der Waals surface area contributed by atoms with Crippen molar-refractivity contribution in [3.63, 3.8) is 0 Å². The summed E-state index contributed by atoms with van der Waals surface area (Å²) in [6.07, 6.45) is 1.51. The fourth-order valence-electron chi connectivity index (χ4n) is 2.11. The van der Waals surface area contributed by atoms with Crippen molar-refractivity contribution in [3.05, 3.63) is 36.0 Å². The van der Waals surface area contributed by atoms with Crippen LogP contribution in [0.1, 0.15) is 24.8 Å². The molecular formula is C13H11F2N3O4. The molecule has 0 aliphatic carbocycles. The van der Waals surface area contributed by atoms with Crippen LogP contribution in [0.5, 0.6) is 11.5 Å². The Kier molecular flexibility index (Phi) is 3.39. The molecule has 0 amide bonds. The average molecular weight is 311 g/mol. The predicted molar refractivity (Wildman–Crippen MR) is 68.6 cm³/mol. The topological polar surface area (TPSA) is 90.0 Å². The number of oxime groups is 1. The molecule has 1 N–H and O–H groups in total. The Bertz CT molecular complexity index is 705. The summed E-state index contributed by atoms with van der Waals surface area (Å²) >= 11 is 0. The van der Waals surface area contributed by atoms with Gasteiger partial charge in [-0.25, -0.2) is 0 Å². The lowest BCUT2D eigenvalue weighted by molar-refractivity contribution is -0.0512. The van der Waals surface area contributed by atoms with Crippen molar-refractivity contribution in [1.82, 2.24) is 10.2 Å². The Hall–Kier alpha value is -2.71. The van der Waals surface area contributed by atoms with Crippen LogP contribution in [0.4, 0.5) is 8.78 Å². The molecule has 2 aromatic rings. The number of nitrogens with zero attached hydrogens (tertiary/aromatic N) is 3. The van der Waals surface area contributed by atoms with Gasteiger partial charge in [0.15, 0.2) is 11.5 Å². The first-order valence-electron chi connectivity index (χ1n) is 6.28. The van der Waals surface area contributed by atoms with Gasteiger partial charge in [-0.3, -0.25) is 0 Å². The third kappa shape index (κ3) is 2.57.